The zero-order valence-corrected chi connectivity index (χ0v) is 11.4. The zero-order chi connectivity index (χ0) is 12.3. The van der Waals surface area contributed by atoms with E-state index in [0.29, 0.717) is 6.04 Å². The number of nitrogens with two attached hydrogens (primary N) is 1. The molecule has 3 N–H and O–H groups in total. The van der Waals surface area contributed by atoms with Gasteiger partial charge >= 0.3 is 0 Å². The third-order valence-electron chi connectivity index (χ3n) is 3.85. The van der Waals surface area contributed by atoms with Crippen molar-refractivity contribution in [2.75, 3.05) is 13.2 Å². The molecule has 17 heavy (non-hydrogen) atoms. The SMILES string of the molecule is CCCCCCCC(CC1CCOCC1)NN. The fraction of sp³-hybridized carbons (Fsp3) is 1.00. The number of unbranched alkanes of at least 4 members (excludes halogenated alkanes) is 4. The molecular weight excluding hydrogens is 212 g/mol. The van der Waals surface area contributed by atoms with E-state index in [9.17, 15) is 0 Å². The molecule has 1 saturated heterocycles. The molecule has 1 aliphatic heterocycles. The lowest BCUT2D eigenvalue weighted by Crippen LogP contribution is -2.37. The van der Waals surface area contributed by atoms with Crippen LogP contribution in [-0.4, -0.2) is 19.3 Å². The largest absolute Gasteiger partial charge is 0.381 e. The first-order valence-electron chi connectivity index (χ1n) is 7.40. The quantitative estimate of drug-likeness (QED) is 0.371. The summed E-state index contributed by atoms with van der Waals surface area (Å²) in [6, 6.07) is 0.514. The van der Waals surface area contributed by atoms with Crippen LogP contribution in [0.1, 0.15) is 64.7 Å². The summed E-state index contributed by atoms with van der Waals surface area (Å²) in [6.45, 7) is 4.15. The minimum Gasteiger partial charge on any atom is -0.381 e. The Kier molecular flexibility index (Phi) is 8.67. The smallest absolute Gasteiger partial charge is 0.0468 e. The molecular formula is C14H30N2O. The first kappa shape index (κ1) is 14.9. The van der Waals surface area contributed by atoms with E-state index in [1.165, 1.54) is 57.8 Å². The predicted molar refractivity (Wildman–Crippen MR) is 72.6 cm³/mol. The maximum Gasteiger partial charge on any atom is 0.0468 e. The molecule has 0 amide bonds. The molecule has 0 aliphatic carbocycles. The average Bonchev–Trinajstić information content (AvgIpc) is 2.38. The predicted octanol–water partition coefficient (Wildman–Crippen LogP) is 3.00. The number of nitrogens with one attached hydrogen (secondary N) is 1. The lowest BCUT2D eigenvalue weighted by molar-refractivity contribution is 0.0601. The van der Waals surface area contributed by atoms with Crippen molar-refractivity contribution >= 4 is 0 Å². The molecule has 0 saturated carbocycles. The van der Waals surface area contributed by atoms with E-state index >= 15 is 0 Å². The molecule has 0 bridgehead atoms. The summed E-state index contributed by atoms with van der Waals surface area (Å²) >= 11 is 0. The van der Waals surface area contributed by atoms with Gasteiger partial charge in [0.05, 0.1) is 0 Å². The molecule has 0 radical (unpaired) electrons. The summed E-state index contributed by atoms with van der Waals surface area (Å²) in [5.74, 6) is 6.47. The van der Waals surface area contributed by atoms with Crippen molar-refractivity contribution in [3.05, 3.63) is 0 Å². The highest BCUT2D eigenvalue weighted by atomic mass is 16.5. The molecule has 3 heteroatoms. The molecule has 1 unspecified atom stereocenters. The number of rotatable bonds is 9. The summed E-state index contributed by atoms with van der Waals surface area (Å²) in [5, 5.41) is 0. The van der Waals surface area contributed by atoms with E-state index in [2.05, 4.69) is 12.3 Å². The second-order valence-corrected chi connectivity index (χ2v) is 5.36. The van der Waals surface area contributed by atoms with Crippen molar-refractivity contribution in [2.45, 2.75) is 70.8 Å². The Morgan fingerprint density at radius 1 is 1.18 bits per heavy atom. The highest BCUT2D eigenvalue weighted by Gasteiger charge is 2.18. The van der Waals surface area contributed by atoms with E-state index in [1.807, 2.05) is 0 Å². The summed E-state index contributed by atoms with van der Waals surface area (Å²) in [4.78, 5) is 0. The van der Waals surface area contributed by atoms with Crippen LogP contribution in [0.15, 0.2) is 0 Å². The first-order chi connectivity index (χ1) is 8.36. The summed E-state index contributed by atoms with van der Waals surface area (Å²) < 4.78 is 5.39. The van der Waals surface area contributed by atoms with Crippen LogP contribution in [0.4, 0.5) is 0 Å². The van der Waals surface area contributed by atoms with Crippen molar-refractivity contribution in [3.8, 4) is 0 Å². The molecule has 102 valence electrons. The van der Waals surface area contributed by atoms with Gasteiger partial charge in [0, 0.05) is 19.3 Å². The van der Waals surface area contributed by atoms with Crippen LogP contribution in [0.3, 0.4) is 0 Å². The second-order valence-electron chi connectivity index (χ2n) is 5.36. The molecule has 0 spiro atoms. The van der Waals surface area contributed by atoms with Gasteiger partial charge in [-0.1, -0.05) is 39.0 Å². The molecule has 3 nitrogen and oxygen atoms in total. The third kappa shape index (κ3) is 7.02. The lowest BCUT2D eigenvalue weighted by atomic mass is 9.90. The van der Waals surface area contributed by atoms with Crippen LogP contribution in [-0.2, 0) is 4.74 Å². The Labute approximate surface area is 106 Å². The Bertz CT molecular complexity index is 170. The molecule has 0 aromatic heterocycles. The van der Waals surface area contributed by atoms with Gasteiger partial charge in [-0.05, 0) is 31.6 Å². The number of ether oxygens (including phenoxy) is 1. The van der Waals surface area contributed by atoms with E-state index in [-0.39, 0.29) is 0 Å². The van der Waals surface area contributed by atoms with Crippen LogP contribution >= 0.6 is 0 Å². The van der Waals surface area contributed by atoms with E-state index in [0.717, 1.165) is 19.1 Å². The highest BCUT2D eigenvalue weighted by Crippen LogP contribution is 2.22. The van der Waals surface area contributed by atoms with Gasteiger partial charge < -0.3 is 4.74 Å². The third-order valence-corrected chi connectivity index (χ3v) is 3.85. The fourth-order valence-corrected chi connectivity index (χ4v) is 2.65. The molecule has 1 rings (SSSR count). The minimum absolute atomic E-state index is 0.514. The summed E-state index contributed by atoms with van der Waals surface area (Å²) in [6.07, 6.45) is 11.7. The van der Waals surface area contributed by atoms with E-state index < -0.39 is 0 Å². The summed E-state index contributed by atoms with van der Waals surface area (Å²) in [7, 11) is 0. The van der Waals surface area contributed by atoms with Crippen LogP contribution in [0.25, 0.3) is 0 Å². The number of hydrazine groups is 1. The normalized spacial score (nSPS) is 19.4. The summed E-state index contributed by atoms with van der Waals surface area (Å²) in [5.41, 5.74) is 3.00. The topological polar surface area (TPSA) is 47.3 Å². The minimum atomic E-state index is 0.514. The highest BCUT2D eigenvalue weighted by molar-refractivity contribution is 4.72. The standard InChI is InChI=1S/C14H30N2O/c1-2-3-4-5-6-7-14(16-15)12-13-8-10-17-11-9-13/h13-14,16H,2-12,15H2,1H3. The van der Waals surface area contributed by atoms with Gasteiger partial charge in [-0.15, -0.1) is 0 Å². The van der Waals surface area contributed by atoms with Crippen LogP contribution in [0, 0.1) is 5.92 Å². The van der Waals surface area contributed by atoms with Gasteiger partial charge in [-0.3, -0.25) is 11.3 Å². The average molecular weight is 242 g/mol. The number of hydrogen-bond donors (Lipinski definition) is 2. The Morgan fingerprint density at radius 2 is 1.88 bits per heavy atom. The Balaban J connectivity index is 2.05. The van der Waals surface area contributed by atoms with Crippen molar-refractivity contribution < 1.29 is 4.74 Å². The van der Waals surface area contributed by atoms with Gasteiger partial charge in [-0.2, -0.15) is 0 Å². The van der Waals surface area contributed by atoms with E-state index in [1.54, 1.807) is 0 Å². The molecule has 1 aliphatic rings. The maximum atomic E-state index is 5.65. The Morgan fingerprint density at radius 3 is 2.53 bits per heavy atom. The lowest BCUT2D eigenvalue weighted by Gasteiger charge is -2.26. The first-order valence-corrected chi connectivity index (χ1v) is 7.40. The molecule has 0 aromatic rings. The van der Waals surface area contributed by atoms with E-state index in [4.69, 9.17) is 10.6 Å². The molecule has 1 atom stereocenters. The number of hydrogen-bond acceptors (Lipinski definition) is 3. The monoisotopic (exact) mass is 242 g/mol. The fourth-order valence-electron chi connectivity index (χ4n) is 2.65. The maximum absolute atomic E-state index is 5.65. The van der Waals surface area contributed by atoms with Crippen molar-refractivity contribution in [3.63, 3.8) is 0 Å². The van der Waals surface area contributed by atoms with Crippen molar-refractivity contribution in [1.29, 1.82) is 0 Å². The van der Waals surface area contributed by atoms with Gasteiger partial charge in [0.15, 0.2) is 0 Å². The van der Waals surface area contributed by atoms with Gasteiger partial charge in [0.25, 0.3) is 0 Å². The van der Waals surface area contributed by atoms with Crippen molar-refractivity contribution in [2.24, 2.45) is 11.8 Å². The Hall–Kier alpha value is -0.120. The molecule has 1 fully saturated rings. The van der Waals surface area contributed by atoms with Crippen molar-refractivity contribution in [1.82, 2.24) is 5.43 Å². The molecule has 1 heterocycles. The van der Waals surface area contributed by atoms with Gasteiger partial charge in [-0.25, -0.2) is 0 Å². The second kappa shape index (κ2) is 9.86. The van der Waals surface area contributed by atoms with Crippen LogP contribution in [0.5, 0.6) is 0 Å². The zero-order valence-electron chi connectivity index (χ0n) is 11.4. The van der Waals surface area contributed by atoms with Gasteiger partial charge in [0.2, 0.25) is 0 Å². The van der Waals surface area contributed by atoms with Crippen LogP contribution < -0.4 is 11.3 Å². The van der Waals surface area contributed by atoms with Gasteiger partial charge in [0.1, 0.15) is 0 Å². The molecule has 0 aromatic carbocycles. The van der Waals surface area contributed by atoms with Crippen LogP contribution in [0.2, 0.25) is 0 Å².